The lowest BCUT2D eigenvalue weighted by Gasteiger charge is -2.41. The van der Waals surface area contributed by atoms with Crippen LogP contribution in [0.25, 0.3) is 0 Å². The molecule has 0 aromatic carbocycles. The molecule has 1 heterocycles. The van der Waals surface area contributed by atoms with Gasteiger partial charge in [-0.1, -0.05) is 168 Å². The zero-order valence-electron chi connectivity index (χ0n) is 32.6. The summed E-state index contributed by atoms with van der Waals surface area (Å²) in [4.78, 5) is 13.0. The van der Waals surface area contributed by atoms with Gasteiger partial charge in [-0.2, -0.15) is 8.42 Å². The second-order valence-electron chi connectivity index (χ2n) is 14.9. The number of nitrogens with one attached hydrogen (secondary N) is 1. The molecule has 1 aliphatic rings. The molecule has 7 atom stereocenters. The van der Waals surface area contributed by atoms with E-state index in [1.54, 1.807) is 0 Å². The van der Waals surface area contributed by atoms with Crippen molar-refractivity contribution in [3.63, 3.8) is 0 Å². The third-order valence-electron chi connectivity index (χ3n) is 10.2. The summed E-state index contributed by atoms with van der Waals surface area (Å²) in [6.45, 7) is 3.42. The summed E-state index contributed by atoms with van der Waals surface area (Å²) in [5.74, 6) is -0.230. The lowest BCUT2D eigenvalue weighted by Crippen LogP contribution is -2.61. The average Bonchev–Trinajstić information content (AvgIpc) is 3.11. The zero-order valence-corrected chi connectivity index (χ0v) is 33.5. The molecule has 1 fully saturated rings. The smallest absolute Gasteiger partial charge is 0.394 e. The van der Waals surface area contributed by atoms with Crippen molar-refractivity contribution >= 4 is 16.3 Å². The molecule has 0 bridgehead atoms. The maximum Gasteiger partial charge on any atom is 0.397 e. The fourth-order valence-corrected chi connectivity index (χ4v) is 7.38. The number of carbonyl (C=O) groups is 1. The van der Waals surface area contributed by atoms with E-state index in [1.165, 1.54) is 109 Å². The van der Waals surface area contributed by atoms with Crippen LogP contribution in [0.4, 0.5) is 0 Å². The summed E-state index contributed by atoms with van der Waals surface area (Å²) in [6, 6.07) is -0.849. The summed E-state index contributed by atoms with van der Waals surface area (Å²) in [5, 5.41) is 44.7. The quantitative estimate of drug-likeness (QED) is 0.0286. The van der Waals surface area contributed by atoms with Crippen LogP contribution in [0, 0.1) is 0 Å². The summed E-state index contributed by atoms with van der Waals surface area (Å²) >= 11 is 0. The molecule has 0 aliphatic carbocycles. The monoisotopic (exact) mass is 768 g/mol. The number of ether oxygens (including phenoxy) is 2. The van der Waals surface area contributed by atoms with E-state index in [9.17, 15) is 33.6 Å². The Morgan fingerprint density at radius 2 is 1.12 bits per heavy atom. The van der Waals surface area contributed by atoms with Gasteiger partial charge in [0.2, 0.25) is 5.91 Å². The molecule has 13 heteroatoms. The number of aliphatic hydroxyl groups is 4. The van der Waals surface area contributed by atoms with Gasteiger partial charge in [-0.05, 0) is 12.8 Å². The molecule has 7 unspecified atom stereocenters. The molecule has 1 amide bonds. The van der Waals surface area contributed by atoms with Gasteiger partial charge in [0.25, 0.3) is 0 Å². The van der Waals surface area contributed by atoms with E-state index in [0.29, 0.717) is 12.8 Å². The van der Waals surface area contributed by atoms with Crippen LogP contribution in [0.1, 0.15) is 187 Å². The molecule has 52 heavy (non-hydrogen) atoms. The third kappa shape index (κ3) is 24.5. The Morgan fingerprint density at radius 3 is 1.54 bits per heavy atom. The number of aliphatic hydroxyl groups excluding tert-OH is 4. The van der Waals surface area contributed by atoms with Gasteiger partial charge < -0.3 is 35.2 Å². The van der Waals surface area contributed by atoms with Gasteiger partial charge in [0, 0.05) is 6.42 Å². The number of amides is 1. The highest BCUT2D eigenvalue weighted by atomic mass is 32.3. The highest BCUT2D eigenvalue weighted by molar-refractivity contribution is 7.80. The van der Waals surface area contributed by atoms with Gasteiger partial charge in [-0.15, -0.1) is 0 Å². The molecule has 0 aromatic heterocycles. The fraction of sp³-hybridized carbons (Fsp3) is 0.974. The first-order valence-electron chi connectivity index (χ1n) is 20.9. The summed E-state index contributed by atoms with van der Waals surface area (Å²) in [7, 11) is -5.07. The van der Waals surface area contributed by atoms with Gasteiger partial charge in [0.05, 0.1) is 25.4 Å². The molecule has 0 aromatic rings. The molecule has 310 valence electrons. The molecule has 6 N–H and O–H groups in total. The SMILES string of the molecule is CCCCCCCCCCCCCCCC(O)C(COC1OC(CO)C(O)C(OS(=O)(=O)O)C1O)NC(=O)CCCCCCCCCCCCCC. The second kappa shape index (κ2) is 31.3. The van der Waals surface area contributed by atoms with Crippen LogP contribution >= 0.6 is 0 Å². The summed E-state index contributed by atoms with van der Waals surface area (Å²) in [6.07, 6.45) is 21.1. The normalized spacial score (nSPS) is 22.0. The fourth-order valence-electron chi connectivity index (χ4n) is 6.87. The van der Waals surface area contributed by atoms with Gasteiger partial charge in [0.15, 0.2) is 6.29 Å². The van der Waals surface area contributed by atoms with E-state index in [1.807, 2.05) is 0 Å². The predicted octanol–water partition coefficient (Wildman–Crippen LogP) is 7.05. The number of carbonyl (C=O) groups excluding carboxylic acids is 1. The van der Waals surface area contributed by atoms with Crippen molar-refractivity contribution in [2.45, 2.75) is 230 Å². The molecular weight excluding hydrogens is 690 g/mol. The predicted molar refractivity (Wildman–Crippen MR) is 204 cm³/mol. The number of rotatable bonds is 35. The Hall–Kier alpha value is -0.900. The first kappa shape index (κ1) is 49.1. The van der Waals surface area contributed by atoms with Gasteiger partial charge >= 0.3 is 10.4 Å². The van der Waals surface area contributed by atoms with Crippen molar-refractivity contribution in [2.75, 3.05) is 13.2 Å². The van der Waals surface area contributed by atoms with E-state index >= 15 is 0 Å². The second-order valence-corrected chi connectivity index (χ2v) is 16.0. The Labute approximate surface area is 316 Å². The topological polar surface area (TPSA) is 192 Å². The van der Waals surface area contributed by atoms with E-state index < -0.39 is 59.9 Å². The first-order chi connectivity index (χ1) is 25.0. The minimum Gasteiger partial charge on any atom is -0.394 e. The molecular formula is C39H77NO11S. The van der Waals surface area contributed by atoms with E-state index in [-0.39, 0.29) is 12.5 Å². The summed E-state index contributed by atoms with van der Waals surface area (Å²) in [5.41, 5.74) is 0. The molecule has 1 saturated heterocycles. The Balaban J connectivity index is 2.56. The molecule has 1 aliphatic heterocycles. The maximum atomic E-state index is 13.0. The average molecular weight is 768 g/mol. The number of hydrogen-bond donors (Lipinski definition) is 6. The Bertz CT molecular complexity index is 957. The summed E-state index contributed by atoms with van der Waals surface area (Å²) < 4.78 is 47.5. The molecule has 0 spiro atoms. The minimum atomic E-state index is -5.07. The van der Waals surface area contributed by atoms with Crippen molar-refractivity contribution in [3.8, 4) is 0 Å². The lowest BCUT2D eigenvalue weighted by atomic mass is 9.99. The van der Waals surface area contributed by atoms with Crippen LogP contribution < -0.4 is 5.32 Å². The van der Waals surface area contributed by atoms with Gasteiger partial charge in [-0.25, -0.2) is 4.18 Å². The highest BCUT2D eigenvalue weighted by Crippen LogP contribution is 2.26. The Kier molecular flexibility index (Phi) is 29.6. The van der Waals surface area contributed by atoms with E-state index in [0.717, 1.165) is 51.4 Å². The first-order valence-corrected chi connectivity index (χ1v) is 22.3. The number of unbranched alkanes of at least 4 members (excludes halogenated alkanes) is 23. The van der Waals surface area contributed by atoms with Crippen molar-refractivity contribution in [1.29, 1.82) is 0 Å². The van der Waals surface area contributed by atoms with Crippen LogP contribution in [0.2, 0.25) is 0 Å². The van der Waals surface area contributed by atoms with Crippen LogP contribution in [-0.4, -0.2) is 95.4 Å². The van der Waals surface area contributed by atoms with Gasteiger partial charge in [0.1, 0.15) is 24.4 Å². The molecule has 1 rings (SSSR count). The lowest BCUT2D eigenvalue weighted by molar-refractivity contribution is -0.298. The van der Waals surface area contributed by atoms with Crippen molar-refractivity contribution in [3.05, 3.63) is 0 Å². The van der Waals surface area contributed by atoms with Crippen LogP contribution in [0.5, 0.6) is 0 Å². The maximum absolute atomic E-state index is 13.0. The minimum absolute atomic E-state index is 0.230. The van der Waals surface area contributed by atoms with Crippen LogP contribution in [-0.2, 0) is 28.9 Å². The standard InChI is InChI=1S/C39H77NO11S/c1-3-5-7-9-11-13-15-17-18-20-22-24-26-28-33(42)32(40-35(43)29-27-25-23-21-19-16-14-12-10-8-6-4-2)31-49-39-37(45)38(51-52(46,47)48)36(44)34(30-41)50-39/h32-34,36-39,41-42,44-45H,3-31H2,1-2H3,(H,40,43)(H,46,47,48). The zero-order chi connectivity index (χ0) is 38.5. The largest absolute Gasteiger partial charge is 0.397 e. The Morgan fingerprint density at radius 1 is 0.692 bits per heavy atom. The van der Waals surface area contributed by atoms with Crippen LogP contribution in [0.3, 0.4) is 0 Å². The van der Waals surface area contributed by atoms with E-state index in [4.69, 9.17) is 14.0 Å². The van der Waals surface area contributed by atoms with Crippen molar-refractivity contribution in [2.24, 2.45) is 0 Å². The van der Waals surface area contributed by atoms with Gasteiger partial charge in [-0.3, -0.25) is 9.35 Å². The van der Waals surface area contributed by atoms with Crippen molar-refractivity contribution < 1.29 is 51.8 Å². The highest BCUT2D eigenvalue weighted by Gasteiger charge is 2.48. The molecule has 0 saturated carbocycles. The number of hydrogen-bond acceptors (Lipinski definition) is 10. The van der Waals surface area contributed by atoms with E-state index in [2.05, 4.69) is 23.3 Å². The molecule has 12 nitrogen and oxygen atoms in total. The van der Waals surface area contributed by atoms with Crippen molar-refractivity contribution in [1.82, 2.24) is 5.32 Å². The van der Waals surface area contributed by atoms with Crippen LogP contribution in [0.15, 0.2) is 0 Å². The molecule has 0 radical (unpaired) electrons. The third-order valence-corrected chi connectivity index (χ3v) is 10.6.